The molecule has 1 N–H and O–H groups in total. The number of thiocarbonyl (C=S) groups is 1. The standard InChI is InChI=1S/C27H22ClN3O5S/c1-27(2,3)17-4-11-21(12-5-17)36-23-13-10-20(31(34)35)14-16(23)15-22-24(32)29-26(37)30(25(22)33)19-8-6-18(28)7-9-19/h4-15H,1-3H3,(H,29,32,37). The van der Waals surface area contributed by atoms with Crippen LogP contribution in [0.1, 0.15) is 31.9 Å². The molecule has 1 aliphatic heterocycles. The zero-order valence-corrected chi connectivity index (χ0v) is 21.7. The van der Waals surface area contributed by atoms with Gasteiger partial charge in [-0.15, -0.1) is 0 Å². The minimum absolute atomic E-state index is 0.0489. The Bertz CT molecular complexity index is 1440. The smallest absolute Gasteiger partial charge is 0.270 e. The second kappa shape index (κ2) is 10.1. The Hall–Kier alpha value is -4.08. The van der Waals surface area contributed by atoms with E-state index in [1.165, 1.54) is 24.3 Å². The molecule has 0 atom stereocenters. The summed E-state index contributed by atoms with van der Waals surface area (Å²) in [6, 6.07) is 17.8. The first kappa shape index (κ1) is 26.0. The number of anilines is 1. The van der Waals surface area contributed by atoms with Crippen LogP contribution >= 0.6 is 23.8 Å². The first-order valence-corrected chi connectivity index (χ1v) is 12.0. The molecule has 188 valence electrons. The average molecular weight is 536 g/mol. The number of nitrogens with one attached hydrogen (secondary N) is 1. The van der Waals surface area contributed by atoms with E-state index in [9.17, 15) is 19.7 Å². The lowest BCUT2D eigenvalue weighted by Gasteiger charge is -2.29. The molecule has 1 heterocycles. The van der Waals surface area contributed by atoms with Gasteiger partial charge in [0.05, 0.1) is 10.6 Å². The van der Waals surface area contributed by atoms with E-state index in [2.05, 4.69) is 26.1 Å². The molecule has 0 aliphatic carbocycles. The van der Waals surface area contributed by atoms with Gasteiger partial charge in [0.25, 0.3) is 17.5 Å². The Morgan fingerprint density at radius 2 is 1.68 bits per heavy atom. The van der Waals surface area contributed by atoms with Gasteiger partial charge in [-0.25, -0.2) is 0 Å². The zero-order valence-electron chi connectivity index (χ0n) is 20.2. The van der Waals surface area contributed by atoms with Gasteiger partial charge in [0, 0.05) is 22.7 Å². The van der Waals surface area contributed by atoms with E-state index in [0.29, 0.717) is 16.5 Å². The molecule has 10 heteroatoms. The van der Waals surface area contributed by atoms with E-state index >= 15 is 0 Å². The molecule has 1 fully saturated rings. The Kier molecular flexibility index (Phi) is 7.11. The number of nitro benzene ring substituents is 1. The molecule has 1 aliphatic rings. The highest BCUT2D eigenvalue weighted by molar-refractivity contribution is 7.80. The van der Waals surface area contributed by atoms with E-state index in [4.69, 9.17) is 28.6 Å². The summed E-state index contributed by atoms with van der Waals surface area (Å²) in [5, 5.41) is 14.3. The molecule has 2 amide bonds. The molecule has 3 aromatic rings. The summed E-state index contributed by atoms with van der Waals surface area (Å²) in [5.74, 6) is -0.700. The van der Waals surface area contributed by atoms with Gasteiger partial charge in [-0.1, -0.05) is 44.5 Å². The third kappa shape index (κ3) is 5.68. The first-order chi connectivity index (χ1) is 17.4. The first-order valence-electron chi connectivity index (χ1n) is 11.2. The third-order valence-corrected chi connectivity index (χ3v) is 6.18. The predicted octanol–water partition coefficient (Wildman–Crippen LogP) is 6.17. The number of carbonyl (C=O) groups is 2. The van der Waals surface area contributed by atoms with Crippen molar-refractivity contribution in [3.8, 4) is 11.5 Å². The van der Waals surface area contributed by atoms with Crippen molar-refractivity contribution in [1.29, 1.82) is 0 Å². The Morgan fingerprint density at radius 1 is 1.03 bits per heavy atom. The zero-order chi connectivity index (χ0) is 26.9. The lowest BCUT2D eigenvalue weighted by atomic mass is 9.87. The van der Waals surface area contributed by atoms with Crippen molar-refractivity contribution in [2.75, 3.05) is 4.90 Å². The summed E-state index contributed by atoms with van der Waals surface area (Å²) in [7, 11) is 0. The molecule has 8 nitrogen and oxygen atoms in total. The molecule has 0 spiro atoms. The summed E-state index contributed by atoms with van der Waals surface area (Å²) in [6.07, 6.45) is 1.26. The van der Waals surface area contributed by atoms with Crippen molar-refractivity contribution in [2.45, 2.75) is 26.2 Å². The Morgan fingerprint density at radius 3 is 2.27 bits per heavy atom. The lowest BCUT2D eigenvalue weighted by Crippen LogP contribution is -2.54. The molecule has 0 saturated carbocycles. The van der Waals surface area contributed by atoms with Crippen LogP contribution in [0.25, 0.3) is 6.08 Å². The van der Waals surface area contributed by atoms with Gasteiger partial charge in [0.1, 0.15) is 17.1 Å². The van der Waals surface area contributed by atoms with Gasteiger partial charge >= 0.3 is 0 Å². The van der Waals surface area contributed by atoms with Crippen LogP contribution in [0.3, 0.4) is 0 Å². The van der Waals surface area contributed by atoms with Crippen LogP contribution in [0, 0.1) is 10.1 Å². The van der Waals surface area contributed by atoms with Gasteiger partial charge in [-0.2, -0.15) is 0 Å². The average Bonchev–Trinajstić information content (AvgIpc) is 2.83. The van der Waals surface area contributed by atoms with Crippen molar-refractivity contribution in [2.24, 2.45) is 0 Å². The van der Waals surface area contributed by atoms with Gasteiger partial charge in [-0.05, 0) is 71.7 Å². The monoisotopic (exact) mass is 535 g/mol. The highest BCUT2D eigenvalue weighted by Gasteiger charge is 2.35. The van der Waals surface area contributed by atoms with Crippen LogP contribution in [0.4, 0.5) is 11.4 Å². The van der Waals surface area contributed by atoms with Crippen molar-refractivity contribution >= 4 is 58.2 Å². The predicted molar refractivity (Wildman–Crippen MR) is 146 cm³/mol. The fourth-order valence-electron chi connectivity index (χ4n) is 3.64. The number of hydrogen-bond donors (Lipinski definition) is 1. The largest absolute Gasteiger partial charge is 0.457 e. The highest BCUT2D eigenvalue weighted by atomic mass is 35.5. The topological polar surface area (TPSA) is 102 Å². The van der Waals surface area contributed by atoms with Crippen LogP contribution < -0.4 is 15.0 Å². The number of amides is 2. The van der Waals surface area contributed by atoms with E-state index in [1.807, 2.05) is 12.1 Å². The number of carbonyl (C=O) groups excluding carboxylic acids is 2. The molecule has 0 bridgehead atoms. The SMILES string of the molecule is CC(C)(C)c1ccc(Oc2ccc([N+](=O)[O-])cc2C=C2C(=O)NC(=S)N(c3ccc(Cl)cc3)C2=O)cc1. The molecular formula is C27H22ClN3O5S. The molecule has 4 rings (SSSR count). The highest BCUT2D eigenvalue weighted by Crippen LogP contribution is 2.33. The number of hydrogen-bond acceptors (Lipinski definition) is 6. The van der Waals surface area contributed by atoms with E-state index in [-0.39, 0.29) is 33.1 Å². The minimum atomic E-state index is -0.729. The molecule has 1 saturated heterocycles. The summed E-state index contributed by atoms with van der Waals surface area (Å²) in [5.41, 5.74) is 1.14. The van der Waals surface area contributed by atoms with Gasteiger partial charge in [0.2, 0.25) is 0 Å². The number of rotatable bonds is 5. The summed E-state index contributed by atoms with van der Waals surface area (Å²) < 4.78 is 6.01. The van der Waals surface area contributed by atoms with Gasteiger partial charge < -0.3 is 4.74 Å². The molecular weight excluding hydrogens is 514 g/mol. The van der Waals surface area contributed by atoms with Crippen molar-refractivity contribution in [3.63, 3.8) is 0 Å². The number of nitro groups is 1. The molecule has 37 heavy (non-hydrogen) atoms. The van der Waals surface area contributed by atoms with Gasteiger partial charge in [0.15, 0.2) is 5.11 Å². The number of benzene rings is 3. The van der Waals surface area contributed by atoms with Crippen LogP contribution in [-0.2, 0) is 15.0 Å². The van der Waals surface area contributed by atoms with Crippen molar-refractivity contribution in [3.05, 3.63) is 98.6 Å². The van der Waals surface area contributed by atoms with Crippen LogP contribution in [-0.4, -0.2) is 21.9 Å². The normalized spacial score (nSPS) is 15.1. The third-order valence-electron chi connectivity index (χ3n) is 5.64. The number of ether oxygens (including phenoxy) is 1. The van der Waals surface area contributed by atoms with E-state index < -0.39 is 16.7 Å². The second-order valence-electron chi connectivity index (χ2n) is 9.29. The minimum Gasteiger partial charge on any atom is -0.457 e. The van der Waals surface area contributed by atoms with E-state index in [0.717, 1.165) is 10.5 Å². The number of non-ortho nitro benzene ring substituents is 1. The second-order valence-corrected chi connectivity index (χ2v) is 10.1. The maximum atomic E-state index is 13.4. The maximum Gasteiger partial charge on any atom is 0.270 e. The van der Waals surface area contributed by atoms with Crippen LogP contribution in [0.15, 0.2) is 72.3 Å². The van der Waals surface area contributed by atoms with Crippen LogP contribution in [0.5, 0.6) is 11.5 Å². The Labute approximate surface area is 223 Å². The van der Waals surface area contributed by atoms with Gasteiger partial charge in [-0.3, -0.25) is 29.9 Å². The lowest BCUT2D eigenvalue weighted by molar-refractivity contribution is -0.384. The van der Waals surface area contributed by atoms with Crippen LogP contribution in [0.2, 0.25) is 5.02 Å². The molecule has 3 aromatic carbocycles. The molecule has 0 unspecified atom stereocenters. The summed E-state index contributed by atoms with van der Waals surface area (Å²) in [4.78, 5) is 38.1. The number of halogens is 1. The fraction of sp³-hybridized carbons (Fsp3) is 0.148. The Balaban J connectivity index is 1.74. The summed E-state index contributed by atoms with van der Waals surface area (Å²) in [6.45, 7) is 6.28. The number of nitrogens with zero attached hydrogens (tertiary/aromatic N) is 2. The fourth-order valence-corrected chi connectivity index (χ4v) is 4.05. The quantitative estimate of drug-likeness (QED) is 0.138. The molecule has 0 aromatic heterocycles. The van der Waals surface area contributed by atoms with Crippen molar-refractivity contribution in [1.82, 2.24) is 5.32 Å². The van der Waals surface area contributed by atoms with Crippen molar-refractivity contribution < 1.29 is 19.2 Å². The molecule has 0 radical (unpaired) electrons. The summed E-state index contributed by atoms with van der Waals surface area (Å²) >= 11 is 11.2. The van der Waals surface area contributed by atoms with E-state index in [1.54, 1.807) is 36.4 Å². The maximum absolute atomic E-state index is 13.4.